The quantitative estimate of drug-likeness (QED) is 0.582. The molecule has 2 fully saturated rings. The second-order valence-corrected chi connectivity index (χ2v) is 3.57. The fraction of sp³-hybridized carbons (Fsp3) is 0.714. The fourth-order valence-electron chi connectivity index (χ4n) is 2.26. The topological polar surface area (TPSA) is 57.0 Å². The number of nitrogens with zero attached hydrogens (tertiary/aromatic N) is 4. The van der Waals surface area contributed by atoms with Gasteiger partial charge in [0.15, 0.2) is 0 Å². The summed E-state index contributed by atoms with van der Waals surface area (Å²) in [5, 5.41) is 19.5. The zero-order valence-corrected chi connectivity index (χ0v) is 6.50. The summed E-state index contributed by atoms with van der Waals surface area (Å²) in [4.78, 5) is 0. The smallest absolute Gasteiger partial charge is 0.119 e. The summed E-state index contributed by atoms with van der Waals surface area (Å²) in [7, 11) is 0. The molecule has 1 aromatic rings. The molecule has 12 heavy (non-hydrogen) atoms. The van der Waals surface area contributed by atoms with Crippen molar-refractivity contribution < 1.29 is 0 Å². The Hall–Kier alpha value is -0.940. The highest BCUT2D eigenvalue weighted by Crippen LogP contribution is 2.54. The van der Waals surface area contributed by atoms with Gasteiger partial charge in [-0.3, -0.25) is 0 Å². The van der Waals surface area contributed by atoms with Crippen LogP contribution in [-0.4, -0.2) is 32.9 Å². The van der Waals surface area contributed by atoms with Crippen LogP contribution in [-0.2, 0) is 0 Å². The van der Waals surface area contributed by atoms with Gasteiger partial charge >= 0.3 is 0 Å². The van der Waals surface area contributed by atoms with E-state index >= 15 is 0 Å². The van der Waals surface area contributed by atoms with Crippen molar-refractivity contribution in [1.29, 1.82) is 0 Å². The summed E-state index contributed by atoms with van der Waals surface area (Å²) in [6.07, 6.45) is 3.47. The number of piperidine rings is 1. The lowest BCUT2D eigenvalue weighted by Crippen LogP contribution is -2.18. The van der Waals surface area contributed by atoms with Gasteiger partial charge in [-0.15, -0.1) is 10.2 Å². The Morgan fingerprint density at radius 1 is 1.17 bits per heavy atom. The third kappa shape index (κ3) is 0.748. The molecule has 1 aliphatic heterocycles. The Balaban J connectivity index is 1.78. The fourth-order valence-corrected chi connectivity index (χ4v) is 2.26. The zero-order chi connectivity index (χ0) is 8.13. The maximum atomic E-state index is 10.9. The van der Waals surface area contributed by atoms with E-state index in [0.29, 0.717) is 31.0 Å². The Morgan fingerprint density at radius 2 is 1.75 bits per heavy atom. The summed E-state index contributed by atoms with van der Waals surface area (Å²) >= 11 is 0. The molecule has 0 spiro atoms. The minimum absolute atomic E-state index is 0.505. The molecular formula is C7H9N4O-. The molecule has 0 aromatic carbocycles. The predicted octanol–water partition coefficient (Wildman–Crippen LogP) is -0.121. The number of hydrogen-bond donors (Lipinski definition) is 0. The molecule has 64 valence electrons. The van der Waals surface area contributed by atoms with E-state index in [1.807, 2.05) is 4.57 Å². The molecule has 2 aliphatic rings. The lowest BCUT2D eigenvalue weighted by atomic mass is 10.4. The molecular weight excluding hydrogens is 156 g/mol. The van der Waals surface area contributed by atoms with E-state index in [2.05, 4.69) is 10.2 Å². The maximum Gasteiger partial charge on any atom is 0.119 e. The summed E-state index contributed by atoms with van der Waals surface area (Å²) < 4.78 is 2.02. The van der Waals surface area contributed by atoms with E-state index in [1.165, 1.54) is 0 Å². The summed E-state index contributed by atoms with van der Waals surface area (Å²) in [5.74, 6) is 1.11. The highest BCUT2D eigenvalue weighted by Gasteiger charge is 2.54. The standard InChI is InChI=1S/C7H9N4O/c12-11-1-5-6(2-11)7(5)10-3-8-9-4-10/h3-7H,1-2H2/q-1/t5-,6+,7?. The van der Waals surface area contributed by atoms with Crippen molar-refractivity contribution >= 4 is 0 Å². The largest absolute Gasteiger partial charge is 0.785 e. The molecule has 0 radical (unpaired) electrons. The number of hydroxylamine groups is 2. The highest BCUT2D eigenvalue weighted by molar-refractivity contribution is 5.08. The number of aromatic nitrogens is 3. The molecule has 5 nitrogen and oxygen atoms in total. The van der Waals surface area contributed by atoms with Gasteiger partial charge in [-0.25, -0.2) is 0 Å². The molecule has 1 unspecified atom stereocenters. The van der Waals surface area contributed by atoms with Crippen LogP contribution in [0.5, 0.6) is 0 Å². The van der Waals surface area contributed by atoms with Crippen LogP contribution in [0, 0.1) is 17.0 Å². The molecule has 2 heterocycles. The van der Waals surface area contributed by atoms with E-state index in [1.54, 1.807) is 12.7 Å². The average molecular weight is 165 g/mol. The molecule has 0 N–H and O–H groups in total. The SMILES string of the molecule is [O-]N1C[C@@H]2C(n3cnnc3)[C@@H]2C1. The van der Waals surface area contributed by atoms with Gasteiger partial charge in [0, 0.05) is 6.04 Å². The van der Waals surface area contributed by atoms with Gasteiger partial charge in [-0.1, -0.05) is 0 Å². The van der Waals surface area contributed by atoms with Gasteiger partial charge in [-0.05, 0) is 24.9 Å². The molecule has 5 heteroatoms. The first-order valence-electron chi connectivity index (χ1n) is 4.12. The molecule has 1 aliphatic carbocycles. The minimum Gasteiger partial charge on any atom is -0.785 e. The minimum atomic E-state index is 0.505. The molecule has 3 rings (SSSR count). The van der Waals surface area contributed by atoms with Crippen molar-refractivity contribution in [3.8, 4) is 0 Å². The summed E-state index contributed by atoms with van der Waals surface area (Å²) in [5.41, 5.74) is 0. The van der Waals surface area contributed by atoms with Crippen molar-refractivity contribution in [1.82, 2.24) is 19.8 Å². The second-order valence-electron chi connectivity index (χ2n) is 3.57. The normalized spacial score (nSPS) is 39.9. The first-order chi connectivity index (χ1) is 5.86. The van der Waals surface area contributed by atoms with Crippen LogP contribution in [0.3, 0.4) is 0 Å². The van der Waals surface area contributed by atoms with Crippen molar-refractivity contribution in [2.24, 2.45) is 11.8 Å². The Kier molecular flexibility index (Phi) is 1.12. The van der Waals surface area contributed by atoms with E-state index < -0.39 is 0 Å². The molecule has 1 saturated heterocycles. The highest BCUT2D eigenvalue weighted by atomic mass is 16.5. The van der Waals surface area contributed by atoms with Crippen LogP contribution < -0.4 is 0 Å². The van der Waals surface area contributed by atoms with Crippen LogP contribution in [0.2, 0.25) is 0 Å². The van der Waals surface area contributed by atoms with Crippen molar-refractivity contribution in [2.75, 3.05) is 13.1 Å². The number of hydrogen-bond acceptors (Lipinski definition) is 4. The Bertz CT molecular complexity index is 274. The van der Waals surface area contributed by atoms with Crippen LogP contribution in [0.15, 0.2) is 12.7 Å². The Morgan fingerprint density at radius 3 is 2.33 bits per heavy atom. The zero-order valence-electron chi connectivity index (χ0n) is 6.50. The van der Waals surface area contributed by atoms with E-state index in [0.717, 1.165) is 5.06 Å². The first kappa shape index (κ1) is 6.56. The number of rotatable bonds is 1. The lowest BCUT2D eigenvalue weighted by Gasteiger charge is -2.24. The van der Waals surface area contributed by atoms with Gasteiger partial charge in [0.25, 0.3) is 0 Å². The lowest BCUT2D eigenvalue weighted by molar-refractivity contribution is 0.380. The second kappa shape index (κ2) is 2.05. The Labute approximate surface area is 69.6 Å². The van der Waals surface area contributed by atoms with Gasteiger partial charge in [0.05, 0.1) is 0 Å². The van der Waals surface area contributed by atoms with Gasteiger partial charge in [0.2, 0.25) is 0 Å². The number of fused-ring (bicyclic) bond motifs is 1. The van der Waals surface area contributed by atoms with Gasteiger partial charge < -0.3 is 14.8 Å². The van der Waals surface area contributed by atoms with E-state index in [4.69, 9.17) is 0 Å². The third-order valence-electron chi connectivity index (χ3n) is 2.90. The van der Waals surface area contributed by atoms with E-state index in [9.17, 15) is 5.21 Å². The van der Waals surface area contributed by atoms with Crippen LogP contribution >= 0.6 is 0 Å². The summed E-state index contributed by atoms with van der Waals surface area (Å²) in [6.45, 7) is 1.38. The predicted molar refractivity (Wildman–Crippen MR) is 41.0 cm³/mol. The molecule has 0 bridgehead atoms. The van der Waals surface area contributed by atoms with Crippen molar-refractivity contribution in [2.45, 2.75) is 6.04 Å². The molecule has 0 amide bonds. The van der Waals surface area contributed by atoms with Crippen LogP contribution in [0.4, 0.5) is 0 Å². The van der Waals surface area contributed by atoms with Crippen molar-refractivity contribution in [3.63, 3.8) is 0 Å². The van der Waals surface area contributed by atoms with Gasteiger partial charge in [-0.2, -0.15) is 0 Å². The van der Waals surface area contributed by atoms with Crippen LogP contribution in [0.25, 0.3) is 0 Å². The first-order valence-corrected chi connectivity index (χ1v) is 4.12. The van der Waals surface area contributed by atoms with E-state index in [-0.39, 0.29) is 0 Å². The molecule has 1 aromatic heterocycles. The molecule has 3 atom stereocenters. The molecule has 1 saturated carbocycles. The summed E-state index contributed by atoms with van der Waals surface area (Å²) in [6, 6.07) is 0.505. The maximum absolute atomic E-state index is 10.9. The monoisotopic (exact) mass is 165 g/mol. The third-order valence-corrected chi connectivity index (χ3v) is 2.90. The average Bonchev–Trinajstić information content (AvgIpc) is 2.58. The van der Waals surface area contributed by atoms with Crippen LogP contribution in [0.1, 0.15) is 6.04 Å². The van der Waals surface area contributed by atoms with Crippen molar-refractivity contribution in [3.05, 3.63) is 17.9 Å². The van der Waals surface area contributed by atoms with Gasteiger partial charge in [0.1, 0.15) is 12.7 Å².